The maximum Gasteiger partial charge on any atom is 0.0589 e. The van der Waals surface area contributed by atoms with E-state index in [2.05, 4.69) is 47.2 Å². The smallest absolute Gasteiger partial charge is 0.0589 e. The Kier molecular flexibility index (Phi) is 6.15. The van der Waals surface area contributed by atoms with E-state index >= 15 is 0 Å². The molecule has 0 aliphatic carbocycles. The van der Waals surface area contributed by atoms with Gasteiger partial charge in [0.15, 0.2) is 0 Å². The third-order valence-corrected chi connectivity index (χ3v) is 2.70. The van der Waals surface area contributed by atoms with Crippen LogP contribution in [0.3, 0.4) is 0 Å². The minimum atomic E-state index is 0.800. The quantitative estimate of drug-likeness (QED) is 0.660. The van der Waals surface area contributed by atoms with Gasteiger partial charge in [0, 0.05) is 52.2 Å². The fraction of sp³-hybridized carbons (Fsp3) is 0.667. The topological polar surface area (TPSA) is 29.4 Å². The van der Waals surface area contributed by atoms with E-state index in [1.165, 1.54) is 5.69 Å². The van der Waals surface area contributed by atoms with Gasteiger partial charge in [0.25, 0.3) is 0 Å². The number of hydrogen-bond acceptors (Lipinski definition) is 3. The number of nitrogens with zero attached hydrogens (tertiary/aromatic N) is 2. The largest absolute Gasteiger partial charge is 0.383 e. The fourth-order valence-corrected chi connectivity index (χ4v) is 1.53. The van der Waals surface area contributed by atoms with Gasteiger partial charge in [-0.2, -0.15) is 0 Å². The van der Waals surface area contributed by atoms with Crippen molar-refractivity contribution in [1.82, 2.24) is 14.8 Å². The van der Waals surface area contributed by atoms with Crippen LogP contribution >= 0.6 is 0 Å². The third-order valence-electron chi connectivity index (χ3n) is 2.70. The first kappa shape index (κ1) is 13.2. The SMILES string of the molecule is COCCN(C)CCNCc1cccn1C. The molecule has 0 spiro atoms. The molecule has 4 nitrogen and oxygen atoms in total. The van der Waals surface area contributed by atoms with Crippen LogP contribution in [0.1, 0.15) is 5.69 Å². The summed E-state index contributed by atoms with van der Waals surface area (Å²) in [7, 11) is 5.92. The van der Waals surface area contributed by atoms with Crippen LogP contribution in [-0.2, 0) is 18.3 Å². The maximum absolute atomic E-state index is 5.03. The van der Waals surface area contributed by atoms with Crippen LogP contribution in [0.2, 0.25) is 0 Å². The normalized spacial score (nSPS) is 11.2. The molecule has 0 saturated heterocycles. The van der Waals surface area contributed by atoms with E-state index in [0.29, 0.717) is 0 Å². The molecule has 92 valence electrons. The molecular weight excluding hydrogens is 202 g/mol. The van der Waals surface area contributed by atoms with Crippen molar-refractivity contribution in [2.24, 2.45) is 7.05 Å². The predicted octanol–water partition coefficient (Wildman–Crippen LogP) is 0.693. The minimum Gasteiger partial charge on any atom is -0.383 e. The summed E-state index contributed by atoms with van der Waals surface area (Å²) in [5.41, 5.74) is 1.32. The summed E-state index contributed by atoms with van der Waals surface area (Å²) in [4.78, 5) is 2.27. The van der Waals surface area contributed by atoms with Crippen molar-refractivity contribution in [3.05, 3.63) is 24.0 Å². The first-order valence-corrected chi connectivity index (χ1v) is 5.72. The molecule has 0 aliphatic rings. The molecule has 0 unspecified atom stereocenters. The average Bonchev–Trinajstić information content (AvgIpc) is 2.67. The van der Waals surface area contributed by atoms with Gasteiger partial charge in [-0.15, -0.1) is 0 Å². The first-order chi connectivity index (χ1) is 7.74. The molecule has 1 N–H and O–H groups in total. The van der Waals surface area contributed by atoms with Gasteiger partial charge in [-0.3, -0.25) is 0 Å². The Balaban J connectivity index is 2.06. The summed E-state index contributed by atoms with van der Waals surface area (Å²) in [6, 6.07) is 4.21. The monoisotopic (exact) mass is 225 g/mol. The van der Waals surface area contributed by atoms with Crippen LogP contribution in [0.5, 0.6) is 0 Å². The molecular formula is C12H23N3O. The van der Waals surface area contributed by atoms with Crippen molar-refractivity contribution in [3.8, 4) is 0 Å². The lowest BCUT2D eigenvalue weighted by Crippen LogP contribution is -2.31. The Morgan fingerprint density at radius 2 is 2.25 bits per heavy atom. The van der Waals surface area contributed by atoms with Crippen LogP contribution < -0.4 is 5.32 Å². The zero-order valence-corrected chi connectivity index (χ0v) is 10.6. The lowest BCUT2D eigenvalue weighted by molar-refractivity contribution is 0.161. The maximum atomic E-state index is 5.03. The van der Waals surface area contributed by atoms with Crippen molar-refractivity contribution in [2.75, 3.05) is 40.4 Å². The second-order valence-electron chi connectivity index (χ2n) is 4.08. The molecule has 1 aromatic rings. The number of likely N-dealkylation sites (N-methyl/N-ethyl adjacent to an activating group) is 1. The molecule has 0 atom stereocenters. The number of nitrogens with one attached hydrogen (secondary N) is 1. The zero-order valence-electron chi connectivity index (χ0n) is 10.6. The molecule has 0 radical (unpaired) electrons. The molecule has 1 aromatic heterocycles. The van der Waals surface area contributed by atoms with E-state index < -0.39 is 0 Å². The van der Waals surface area contributed by atoms with Gasteiger partial charge in [0.1, 0.15) is 0 Å². The van der Waals surface area contributed by atoms with Crippen LogP contribution in [0, 0.1) is 0 Å². The second kappa shape index (κ2) is 7.44. The Morgan fingerprint density at radius 1 is 1.44 bits per heavy atom. The van der Waals surface area contributed by atoms with Gasteiger partial charge in [-0.05, 0) is 19.2 Å². The highest BCUT2D eigenvalue weighted by atomic mass is 16.5. The number of ether oxygens (including phenoxy) is 1. The first-order valence-electron chi connectivity index (χ1n) is 5.72. The molecule has 0 amide bonds. The summed E-state index contributed by atoms with van der Waals surface area (Å²) in [6.45, 7) is 4.78. The third kappa shape index (κ3) is 4.79. The highest BCUT2D eigenvalue weighted by Gasteiger charge is 1.98. The zero-order chi connectivity index (χ0) is 11.8. The summed E-state index contributed by atoms with van der Waals surface area (Å²) in [5, 5.41) is 3.43. The highest BCUT2D eigenvalue weighted by molar-refractivity contribution is 5.05. The fourth-order valence-electron chi connectivity index (χ4n) is 1.53. The molecule has 0 aromatic carbocycles. The van der Waals surface area contributed by atoms with Gasteiger partial charge in [-0.1, -0.05) is 0 Å². The van der Waals surface area contributed by atoms with E-state index in [1.54, 1.807) is 7.11 Å². The molecule has 0 fully saturated rings. The molecule has 0 saturated carbocycles. The number of aryl methyl sites for hydroxylation is 1. The predicted molar refractivity (Wildman–Crippen MR) is 66.5 cm³/mol. The van der Waals surface area contributed by atoms with E-state index in [1.807, 2.05) is 0 Å². The minimum absolute atomic E-state index is 0.800. The van der Waals surface area contributed by atoms with Crippen molar-refractivity contribution < 1.29 is 4.74 Å². The van der Waals surface area contributed by atoms with Crippen LogP contribution in [0.15, 0.2) is 18.3 Å². The van der Waals surface area contributed by atoms with E-state index in [-0.39, 0.29) is 0 Å². The molecule has 0 bridgehead atoms. The summed E-state index contributed by atoms with van der Waals surface area (Å²) in [6.07, 6.45) is 2.07. The van der Waals surface area contributed by atoms with E-state index in [4.69, 9.17) is 4.74 Å². The lowest BCUT2D eigenvalue weighted by Gasteiger charge is -2.16. The van der Waals surface area contributed by atoms with Crippen LogP contribution in [-0.4, -0.2) is 49.9 Å². The molecule has 0 aliphatic heterocycles. The highest BCUT2D eigenvalue weighted by Crippen LogP contribution is 1.97. The Hall–Kier alpha value is -0.840. The average molecular weight is 225 g/mol. The summed E-state index contributed by atoms with van der Waals surface area (Å²) in [5.74, 6) is 0. The number of rotatable bonds is 8. The molecule has 1 heterocycles. The molecule has 16 heavy (non-hydrogen) atoms. The number of hydrogen-bond donors (Lipinski definition) is 1. The number of aromatic nitrogens is 1. The van der Waals surface area contributed by atoms with E-state index in [9.17, 15) is 0 Å². The summed E-state index contributed by atoms with van der Waals surface area (Å²) < 4.78 is 7.17. The lowest BCUT2D eigenvalue weighted by atomic mass is 10.4. The van der Waals surface area contributed by atoms with Crippen molar-refractivity contribution in [2.45, 2.75) is 6.54 Å². The Labute approximate surface area is 98.2 Å². The van der Waals surface area contributed by atoms with Gasteiger partial charge in [-0.25, -0.2) is 0 Å². The van der Waals surface area contributed by atoms with Gasteiger partial charge in [0.05, 0.1) is 6.61 Å². The Bertz CT molecular complexity index is 286. The van der Waals surface area contributed by atoms with Crippen LogP contribution in [0.25, 0.3) is 0 Å². The summed E-state index contributed by atoms with van der Waals surface area (Å²) >= 11 is 0. The standard InChI is InChI=1S/C12H23N3O/c1-14(9-10-16-3)8-6-13-11-12-5-4-7-15(12)2/h4-5,7,13H,6,8-11H2,1-3H3. The van der Waals surface area contributed by atoms with Gasteiger partial charge in [0.2, 0.25) is 0 Å². The Morgan fingerprint density at radius 3 is 2.88 bits per heavy atom. The molecule has 1 rings (SSSR count). The van der Waals surface area contributed by atoms with E-state index in [0.717, 1.165) is 32.8 Å². The second-order valence-corrected chi connectivity index (χ2v) is 4.08. The van der Waals surface area contributed by atoms with Crippen molar-refractivity contribution in [1.29, 1.82) is 0 Å². The van der Waals surface area contributed by atoms with Gasteiger partial charge < -0.3 is 19.5 Å². The van der Waals surface area contributed by atoms with Crippen LogP contribution in [0.4, 0.5) is 0 Å². The molecule has 4 heteroatoms. The van der Waals surface area contributed by atoms with Gasteiger partial charge >= 0.3 is 0 Å². The number of methoxy groups -OCH3 is 1. The van der Waals surface area contributed by atoms with Crippen molar-refractivity contribution >= 4 is 0 Å². The van der Waals surface area contributed by atoms with Crippen molar-refractivity contribution in [3.63, 3.8) is 0 Å².